The van der Waals surface area contributed by atoms with Crippen molar-refractivity contribution in [2.45, 2.75) is 55.4 Å². The van der Waals surface area contributed by atoms with Crippen LogP contribution in [0.1, 0.15) is 86.5 Å². The van der Waals surface area contributed by atoms with E-state index in [2.05, 4.69) is 0 Å². The topological polar surface area (TPSA) is 161 Å². The van der Waals surface area contributed by atoms with E-state index in [0.29, 0.717) is 6.61 Å². The maximum Gasteiger partial charge on any atom is 0.338 e. The Morgan fingerprint density at radius 3 is 1.30 bits per heavy atom. The lowest BCUT2D eigenvalue weighted by Crippen LogP contribution is -2.36. The van der Waals surface area contributed by atoms with Gasteiger partial charge in [0.05, 0.1) is 60.6 Å². The molecule has 0 aliphatic rings. The highest BCUT2D eigenvalue weighted by Crippen LogP contribution is 2.24. The summed E-state index contributed by atoms with van der Waals surface area (Å²) >= 11 is 0. The Bertz CT molecular complexity index is 1160. The Hall–Kier alpha value is -3.51. The zero-order valence-corrected chi connectivity index (χ0v) is 26.9. The molecule has 1 aromatic carbocycles. The molecule has 0 saturated carbocycles. The number of benzene rings is 1. The van der Waals surface area contributed by atoms with Crippen molar-refractivity contribution in [2.24, 2.45) is 21.7 Å². The van der Waals surface area contributed by atoms with E-state index >= 15 is 0 Å². The first-order valence-corrected chi connectivity index (χ1v) is 13.7. The number of ether oxygens (including phenoxy) is 6. The van der Waals surface area contributed by atoms with Crippen LogP contribution in [0.3, 0.4) is 0 Å². The maximum atomic E-state index is 12.9. The SMILES string of the molecule is COCC(C)(C)COC(=O)C(C)(C)COC(=O)c1cc(C(=O)O)cc(C(=O)OCC(C)(C)COC(=O)C(C)(C)COC)c1. The van der Waals surface area contributed by atoms with Gasteiger partial charge in [0.1, 0.15) is 6.61 Å². The highest BCUT2D eigenvalue weighted by Gasteiger charge is 2.34. The molecule has 0 spiro atoms. The minimum absolute atomic E-state index is 0.0545. The van der Waals surface area contributed by atoms with E-state index in [1.54, 1.807) is 48.7 Å². The van der Waals surface area contributed by atoms with Crippen molar-refractivity contribution in [1.82, 2.24) is 0 Å². The van der Waals surface area contributed by atoms with Gasteiger partial charge in [-0.2, -0.15) is 0 Å². The van der Waals surface area contributed by atoms with Crippen LogP contribution in [0.5, 0.6) is 0 Å². The van der Waals surface area contributed by atoms with Crippen LogP contribution in [0.25, 0.3) is 0 Å². The Morgan fingerprint density at radius 2 is 0.884 bits per heavy atom. The summed E-state index contributed by atoms with van der Waals surface area (Å²) in [5.74, 6) is -4.28. The number of hydrogen-bond donors (Lipinski definition) is 1. The van der Waals surface area contributed by atoms with Gasteiger partial charge in [0.25, 0.3) is 0 Å². The van der Waals surface area contributed by atoms with Gasteiger partial charge in [0.2, 0.25) is 0 Å². The van der Waals surface area contributed by atoms with Crippen LogP contribution in [0.2, 0.25) is 0 Å². The zero-order valence-electron chi connectivity index (χ0n) is 26.9. The molecule has 0 radical (unpaired) electrons. The molecule has 0 aliphatic carbocycles. The number of aromatic carboxylic acids is 1. The molecular formula is C31H46O12. The van der Waals surface area contributed by atoms with Gasteiger partial charge >= 0.3 is 29.8 Å². The van der Waals surface area contributed by atoms with Crippen molar-refractivity contribution in [3.05, 3.63) is 34.9 Å². The number of carbonyl (C=O) groups excluding carboxylic acids is 4. The van der Waals surface area contributed by atoms with Crippen LogP contribution in [0.15, 0.2) is 18.2 Å². The van der Waals surface area contributed by atoms with Crippen molar-refractivity contribution in [3.8, 4) is 0 Å². The van der Waals surface area contributed by atoms with Crippen LogP contribution in [-0.2, 0) is 38.0 Å². The standard InChI is InChI=1S/C31H46O12/c1-28(2,14-38-9)16-42-27(37)31(7,8)19-41-25(35)22-12-20(23(32)33)11-21(13-22)24(34)40-15-29(3,4)17-43-26(36)30(5,6)18-39-10/h11-13H,14-19H2,1-10H3,(H,32,33). The molecule has 1 rings (SSSR count). The van der Waals surface area contributed by atoms with E-state index in [9.17, 15) is 29.1 Å². The number of carboxylic acids is 1. The third-order valence-electron chi connectivity index (χ3n) is 6.14. The van der Waals surface area contributed by atoms with E-state index in [4.69, 9.17) is 28.4 Å². The molecule has 1 aromatic rings. The number of rotatable bonds is 17. The Balaban J connectivity index is 2.93. The number of esters is 4. The van der Waals surface area contributed by atoms with Gasteiger partial charge in [-0.1, -0.05) is 27.7 Å². The largest absolute Gasteiger partial charge is 0.478 e. The van der Waals surface area contributed by atoms with Crippen LogP contribution >= 0.6 is 0 Å². The summed E-state index contributed by atoms with van der Waals surface area (Å²) in [6.07, 6.45) is 0. The summed E-state index contributed by atoms with van der Waals surface area (Å²) in [7, 11) is 3.02. The predicted molar refractivity (Wildman–Crippen MR) is 155 cm³/mol. The monoisotopic (exact) mass is 610 g/mol. The quantitative estimate of drug-likeness (QED) is 0.198. The van der Waals surface area contributed by atoms with Crippen molar-refractivity contribution < 1.29 is 57.5 Å². The molecular weight excluding hydrogens is 564 g/mol. The molecule has 0 aliphatic heterocycles. The highest BCUT2D eigenvalue weighted by molar-refractivity contribution is 6.00. The van der Waals surface area contributed by atoms with Crippen molar-refractivity contribution in [1.29, 1.82) is 0 Å². The van der Waals surface area contributed by atoms with E-state index in [0.717, 1.165) is 18.2 Å². The first-order valence-electron chi connectivity index (χ1n) is 13.7. The number of carboxylic acid groups (broad SMARTS) is 1. The van der Waals surface area contributed by atoms with Crippen LogP contribution < -0.4 is 0 Å². The highest BCUT2D eigenvalue weighted by atomic mass is 16.6. The molecule has 1 N–H and O–H groups in total. The molecule has 0 unspecified atom stereocenters. The lowest BCUT2D eigenvalue weighted by Gasteiger charge is -2.27. The predicted octanol–water partition coefficient (Wildman–Crippen LogP) is 4.18. The van der Waals surface area contributed by atoms with Crippen LogP contribution in [-0.4, -0.2) is 88.8 Å². The van der Waals surface area contributed by atoms with E-state index in [-0.39, 0.29) is 49.7 Å². The molecule has 242 valence electrons. The number of hydrogen-bond acceptors (Lipinski definition) is 11. The van der Waals surface area contributed by atoms with Gasteiger partial charge in [-0.15, -0.1) is 0 Å². The number of methoxy groups -OCH3 is 2. The first-order chi connectivity index (χ1) is 19.7. The summed E-state index contributed by atoms with van der Waals surface area (Å²) in [6, 6.07) is 3.28. The fourth-order valence-corrected chi connectivity index (χ4v) is 3.53. The van der Waals surface area contributed by atoms with E-state index < -0.39 is 51.5 Å². The van der Waals surface area contributed by atoms with Crippen LogP contribution in [0, 0.1) is 21.7 Å². The van der Waals surface area contributed by atoms with E-state index in [1.807, 2.05) is 13.8 Å². The molecule has 0 aromatic heterocycles. The van der Waals surface area contributed by atoms with Gasteiger partial charge in [-0.3, -0.25) is 9.59 Å². The molecule has 12 nitrogen and oxygen atoms in total. The summed E-state index contributed by atoms with van der Waals surface area (Å²) in [5, 5.41) is 9.55. The van der Waals surface area contributed by atoms with Gasteiger partial charge in [0.15, 0.2) is 0 Å². The molecule has 0 heterocycles. The fourth-order valence-electron chi connectivity index (χ4n) is 3.53. The molecule has 43 heavy (non-hydrogen) atoms. The average Bonchev–Trinajstić information content (AvgIpc) is 2.91. The second-order valence-electron chi connectivity index (χ2n) is 13.4. The smallest absolute Gasteiger partial charge is 0.338 e. The van der Waals surface area contributed by atoms with Gasteiger partial charge in [-0.05, 0) is 45.9 Å². The minimum atomic E-state index is -1.38. The zero-order chi connectivity index (χ0) is 33.2. The Kier molecular flexibility index (Phi) is 13.3. The average molecular weight is 611 g/mol. The molecule has 0 bridgehead atoms. The molecule has 0 fully saturated rings. The maximum absolute atomic E-state index is 12.9. The molecule has 0 atom stereocenters. The Morgan fingerprint density at radius 1 is 0.535 bits per heavy atom. The lowest BCUT2D eigenvalue weighted by molar-refractivity contribution is -0.161. The van der Waals surface area contributed by atoms with Crippen molar-refractivity contribution in [3.63, 3.8) is 0 Å². The molecule has 12 heteroatoms. The van der Waals surface area contributed by atoms with Crippen molar-refractivity contribution >= 4 is 29.8 Å². The second kappa shape index (κ2) is 15.3. The molecule has 0 amide bonds. The van der Waals surface area contributed by atoms with E-state index in [1.165, 1.54) is 7.11 Å². The van der Waals surface area contributed by atoms with Gasteiger partial charge < -0.3 is 33.5 Å². The summed E-state index contributed by atoms with van der Waals surface area (Å²) in [4.78, 5) is 62.5. The molecule has 0 saturated heterocycles. The third-order valence-corrected chi connectivity index (χ3v) is 6.14. The normalized spacial score (nSPS) is 12.3. The second-order valence-corrected chi connectivity index (χ2v) is 13.4. The van der Waals surface area contributed by atoms with Gasteiger partial charge in [0, 0.05) is 25.0 Å². The summed E-state index contributed by atoms with van der Waals surface area (Å²) < 4.78 is 31.6. The third kappa shape index (κ3) is 12.3. The minimum Gasteiger partial charge on any atom is -0.478 e. The number of carbonyl (C=O) groups is 5. The Labute approximate surface area is 253 Å². The van der Waals surface area contributed by atoms with Crippen LogP contribution in [0.4, 0.5) is 0 Å². The summed E-state index contributed by atoms with van der Waals surface area (Å²) in [6.45, 7) is 13.7. The van der Waals surface area contributed by atoms with Gasteiger partial charge in [-0.25, -0.2) is 14.4 Å². The lowest BCUT2D eigenvalue weighted by atomic mass is 9.93. The van der Waals surface area contributed by atoms with Crippen molar-refractivity contribution in [2.75, 3.05) is 53.9 Å². The fraction of sp³-hybridized carbons (Fsp3) is 0.645. The summed E-state index contributed by atoms with van der Waals surface area (Å²) in [5.41, 5.74) is -4.02. The first kappa shape index (κ1) is 37.5.